The fourth-order valence-electron chi connectivity index (χ4n) is 3.78. The van der Waals surface area contributed by atoms with Crippen LogP contribution in [0.5, 0.6) is 0 Å². The lowest BCUT2D eigenvalue weighted by Gasteiger charge is -2.09. The maximum absolute atomic E-state index is 13.8. The van der Waals surface area contributed by atoms with Gasteiger partial charge in [0.25, 0.3) is 5.91 Å². The molecular formula is C28H23FN4OS. The SMILES string of the molecule is O=C(NCc1ccccc1F)c1ccc(CSc2nc3cccnc3n2Cc2ccccc2)cc1. The van der Waals surface area contributed by atoms with Gasteiger partial charge in [-0.05, 0) is 41.5 Å². The average molecular weight is 483 g/mol. The summed E-state index contributed by atoms with van der Waals surface area (Å²) in [5.74, 6) is 0.145. The molecule has 7 heteroatoms. The van der Waals surface area contributed by atoms with Crippen LogP contribution >= 0.6 is 11.8 Å². The molecule has 3 aromatic carbocycles. The van der Waals surface area contributed by atoms with Crippen LogP contribution in [0, 0.1) is 5.82 Å². The molecule has 0 radical (unpaired) electrons. The number of hydrogen-bond donors (Lipinski definition) is 1. The van der Waals surface area contributed by atoms with E-state index in [9.17, 15) is 9.18 Å². The van der Waals surface area contributed by atoms with Gasteiger partial charge in [-0.15, -0.1) is 0 Å². The molecule has 0 aliphatic carbocycles. The minimum atomic E-state index is -0.325. The number of hydrogen-bond acceptors (Lipinski definition) is 4. The quantitative estimate of drug-likeness (QED) is 0.282. The third-order valence-corrected chi connectivity index (χ3v) is 6.68. The van der Waals surface area contributed by atoms with Crippen LogP contribution in [0.25, 0.3) is 11.2 Å². The largest absolute Gasteiger partial charge is 0.348 e. The van der Waals surface area contributed by atoms with E-state index in [-0.39, 0.29) is 18.3 Å². The first kappa shape index (κ1) is 22.8. The number of halogens is 1. The molecule has 2 aromatic heterocycles. The summed E-state index contributed by atoms with van der Waals surface area (Å²) >= 11 is 1.64. The highest BCUT2D eigenvalue weighted by Gasteiger charge is 2.13. The zero-order valence-corrected chi connectivity index (χ0v) is 19.7. The number of imidazole rings is 1. The molecule has 0 atom stereocenters. The Hall–Kier alpha value is -3.97. The zero-order chi connectivity index (χ0) is 24.0. The normalized spacial score (nSPS) is 11.0. The van der Waals surface area contributed by atoms with Crippen LogP contribution in [0.2, 0.25) is 0 Å². The number of fused-ring (bicyclic) bond motifs is 1. The van der Waals surface area contributed by atoms with Gasteiger partial charge < -0.3 is 5.32 Å². The van der Waals surface area contributed by atoms with Gasteiger partial charge in [-0.25, -0.2) is 14.4 Å². The summed E-state index contributed by atoms with van der Waals surface area (Å²) < 4.78 is 15.9. The Bertz CT molecular complexity index is 1450. The molecule has 5 nitrogen and oxygen atoms in total. The molecule has 0 spiro atoms. The van der Waals surface area contributed by atoms with Crippen molar-refractivity contribution in [3.63, 3.8) is 0 Å². The smallest absolute Gasteiger partial charge is 0.251 e. The van der Waals surface area contributed by atoms with Gasteiger partial charge in [-0.2, -0.15) is 0 Å². The van der Waals surface area contributed by atoms with Crippen LogP contribution in [-0.2, 0) is 18.8 Å². The number of carbonyl (C=O) groups is 1. The van der Waals surface area contributed by atoms with E-state index in [0.29, 0.717) is 23.4 Å². The minimum Gasteiger partial charge on any atom is -0.348 e. The predicted octanol–water partition coefficient (Wildman–Crippen LogP) is 5.84. The summed E-state index contributed by atoms with van der Waals surface area (Å²) in [5.41, 5.74) is 4.99. The van der Waals surface area contributed by atoms with E-state index in [1.807, 2.05) is 42.5 Å². The molecule has 0 aliphatic heterocycles. The van der Waals surface area contributed by atoms with Crippen molar-refractivity contribution in [3.05, 3.63) is 125 Å². The second-order valence-corrected chi connectivity index (χ2v) is 9.01. The molecule has 0 saturated heterocycles. The number of pyridine rings is 1. The Morgan fingerprint density at radius 1 is 0.886 bits per heavy atom. The maximum atomic E-state index is 13.8. The highest BCUT2D eigenvalue weighted by atomic mass is 32.2. The van der Waals surface area contributed by atoms with Gasteiger partial charge in [-0.3, -0.25) is 9.36 Å². The molecule has 174 valence electrons. The molecule has 5 aromatic rings. The van der Waals surface area contributed by atoms with Crippen LogP contribution in [0.3, 0.4) is 0 Å². The van der Waals surface area contributed by atoms with E-state index >= 15 is 0 Å². The topological polar surface area (TPSA) is 59.8 Å². The molecule has 1 amide bonds. The average Bonchev–Trinajstić information content (AvgIpc) is 3.25. The van der Waals surface area contributed by atoms with Crippen molar-refractivity contribution in [1.82, 2.24) is 19.9 Å². The molecule has 0 unspecified atom stereocenters. The number of benzene rings is 3. The number of amides is 1. The summed E-state index contributed by atoms with van der Waals surface area (Å²) in [5, 5.41) is 3.67. The van der Waals surface area contributed by atoms with Crippen molar-refractivity contribution in [2.75, 3.05) is 0 Å². The summed E-state index contributed by atoms with van der Waals surface area (Å²) in [6.45, 7) is 0.840. The lowest BCUT2D eigenvalue weighted by Crippen LogP contribution is -2.23. The molecule has 0 aliphatic rings. The first-order valence-electron chi connectivity index (χ1n) is 11.3. The fourth-order valence-corrected chi connectivity index (χ4v) is 4.73. The van der Waals surface area contributed by atoms with Crippen molar-refractivity contribution >= 4 is 28.8 Å². The molecule has 0 saturated carbocycles. The Labute approximate surface area is 207 Å². The van der Waals surface area contributed by atoms with Gasteiger partial charge in [0, 0.05) is 29.6 Å². The fraction of sp³-hybridized carbons (Fsp3) is 0.107. The summed E-state index contributed by atoms with van der Waals surface area (Å²) in [6, 6.07) is 28.0. The van der Waals surface area contributed by atoms with Crippen LogP contribution < -0.4 is 5.32 Å². The standard InChI is InChI=1S/C28H23FN4OS/c29-24-10-5-4-9-23(24)17-31-27(34)22-14-12-21(13-15-22)19-35-28-32-25-11-6-16-30-26(25)33(28)18-20-7-2-1-3-8-20/h1-16H,17-19H2,(H,31,34). The first-order chi connectivity index (χ1) is 17.2. The molecule has 5 rings (SSSR count). The van der Waals surface area contributed by atoms with E-state index < -0.39 is 0 Å². The summed E-state index contributed by atoms with van der Waals surface area (Å²) in [7, 11) is 0. The van der Waals surface area contributed by atoms with Crippen molar-refractivity contribution in [2.24, 2.45) is 0 Å². The molecule has 35 heavy (non-hydrogen) atoms. The van der Waals surface area contributed by atoms with Crippen LogP contribution in [-0.4, -0.2) is 20.4 Å². The minimum absolute atomic E-state index is 0.148. The Kier molecular flexibility index (Phi) is 6.86. The third-order valence-electron chi connectivity index (χ3n) is 5.63. The highest BCUT2D eigenvalue weighted by Crippen LogP contribution is 2.27. The molecule has 2 heterocycles. The van der Waals surface area contributed by atoms with E-state index in [1.54, 1.807) is 48.3 Å². The molecule has 1 N–H and O–H groups in total. The number of rotatable bonds is 8. The van der Waals surface area contributed by atoms with E-state index in [1.165, 1.54) is 11.6 Å². The number of nitrogens with one attached hydrogen (secondary N) is 1. The van der Waals surface area contributed by atoms with Gasteiger partial charge in [0.2, 0.25) is 0 Å². The van der Waals surface area contributed by atoms with Crippen LogP contribution in [0.15, 0.2) is 102 Å². The predicted molar refractivity (Wildman–Crippen MR) is 137 cm³/mol. The van der Waals surface area contributed by atoms with Gasteiger partial charge in [0.05, 0.1) is 6.54 Å². The molecule has 0 bridgehead atoms. The summed E-state index contributed by atoms with van der Waals surface area (Å²) in [4.78, 5) is 21.8. The van der Waals surface area contributed by atoms with Crippen molar-refractivity contribution < 1.29 is 9.18 Å². The van der Waals surface area contributed by atoms with Crippen LogP contribution in [0.1, 0.15) is 27.0 Å². The van der Waals surface area contributed by atoms with E-state index in [2.05, 4.69) is 27.0 Å². The maximum Gasteiger partial charge on any atom is 0.251 e. The van der Waals surface area contributed by atoms with Gasteiger partial charge in [-0.1, -0.05) is 72.4 Å². The number of aromatic nitrogens is 3. The van der Waals surface area contributed by atoms with Crippen molar-refractivity contribution in [3.8, 4) is 0 Å². The summed E-state index contributed by atoms with van der Waals surface area (Å²) in [6.07, 6.45) is 1.79. The molecular weight excluding hydrogens is 459 g/mol. The Morgan fingerprint density at radius 3 is 2.46 bits per heavy atom. The van der Waals surface area contributed by atoms with E-state index in [0.717, 1.165) is 21.9 Å². The lowest BCUT2D eigenvalue weighted by atomic mass is 10.1. The second kappa shape index (κ2) is 10.5. The van der Waals surface area contributed by atoms with Gasteiger partial charge >= 0.3 is 0 Å². The van der Waals surface area contributed by atoms with Crippen molar-refractivity contribution in [2.45, 2.75) is 24.0 Å². The Morgan fingerprint density at radius 2 is 1.66 bits per heavy atom. The molecule has 0 fully saturated rings. The zero-order valence-electron chi connectivity index (χ0n) is 18.9. The number of carbonyl (C=O) groups excluding carboxylic acids is 1. The second-order valence-electron chi connectivity index (χ2n) is 8.07. The van der Waals surface area contributed by atoms with E-state index in [4.69, 9.17) is 4.98 Å². The van der Waals surface area contributed by atoms with Crippen molar-refractivity contribution in [1.29, 1.82) is 0 Å². The first-order valence-corrected chi connectivity index (χ1v) is 12.2. The number of nitrogens with zero attached hydrogens (tertiary/aromatic N) is 3. The lowest BCUT2D eigenvalue weighted by molar-refractivity contribution is 0.0950. The monoisotopic (exact) mass is 482 g/mol. The Balaban J connectivity index is 1.26. The third kappa shape index (κ3) is 5.41. The van der Waals surface area contributed by atoms with Gasteiger partial charge in [0.15, 0.2) is 10.8 Å². The highest BCUT2D eigenvalue weighted by molar-refractivity contribution is 7.98. The number of thioether (sulfide) groups is 1. The van der Waals surface area contributed by atoms with Crippen LogP contribution in [0.4, 0.5) is 4.39 Å². The van der Waals surface area contributed by atoms with Gasteiger partial charge in [0.1, 0.15) is 11.3 Å².